The molecule has 4 rings (SSSR count). The van der Waals surface area contributed by atoms with Crippen LogP contribution in [-0.4, -0.2) is 0 Å². The second kappa shape index (κ2) is 20.4. The molecule has 0 amide bonds. The number of hydrogen-bond acceptors (Lipinski definition) is 0. The lowest BCUT2D eigenvalue weighted by atomic mass is 9.69. The van der Waals surface area contributed by atoms with Crippen LogP contribution in [0.2, 0.25) is 0 Å². The molecular formula is C51H76. The fourth-order valence-electron chi connectivity index (χ4n) is 8.42. The topological polar surface area (TPSA) is 0 Å². The number of hydrogen-bond donors (Lipinski definition) is 0. The first-order chi connectivity index (χ1) is 24.2. The standard InChI is InChI=1S/C41H56.C10H20/c1-12-14-36(34-18-20-35(21-19-34)37-17-15-29(5)31(7)23-37)25-33(13-2)32(8)24-38(28(3)4)26-39-27-40(41(9,10)11)22-16-30(39)6;1-3-5-10-7-4-6-9(2)8-10/h13,15,17-21,23-24,26,31,36,40H,5-6,12,14,16,22,25,27H2,1-4,7-11H3;9-10H,3-8H2,1-2H3/b32-24+,33-13-,39-26-;/t31?,36-,40?;/m0./s1. The van der Waals surface area contributed by atoms with E-state index in [1.807, 2.05) is 0 Å². The summed E-state index contributed by atoms with van der Waals surface area (Å²) in [6.07, 6.45) is 29.7. The lowest BCUT2D eigenvalue weighted by Crippen LogP contribution is -2.24. The van der Waals surface area contributed by atoms with Gasteiger partial charge in [-0.3, -0.25) is 0 Å². The minimum absolute atomic E-state index is 0.332. The Labute approximate surface area is 316 Å². The average Bonchev–Trinajstić information content (AvgIpc) is 3.08. The molecule has 4 unspecified atom stereocenters. The molecule has 280 valence electrons. The van der Waals surface area contributed by atoms with Crippen LogP contribution in [0.3, 0.4) is 0 Å². The highest BCUT2D eigenvalue weighted by Crippen LogP contribution is 2.42. The zero-order chi connectivity index (χ0) is 37.7. The maximum atomic E-state index is 4.46. The monoisotopic (exact) mass is 689 g/mol. The molecule has 0 bridgehead atoms. The molecule has 1 aromatic carbocycles. The molecule has 0 spiro atoms. The molecule has 3 aliphatic carbocycles. The number of allylic oxidation sites excluding steroid dienone is 14. The van der Waals surface area contributed by atoms with Crippen molar-refractivity contribution in [1.29, 1.82) is 0 Å². The molecule has 0 heterocycles. The second-order valence-electron chi connectivity index (χ2n) is 17.7. The van der Waals surface area contributed by atoms with Gasteiger partial charge >= 0.3 is 0 Å². The van der Waals surface area contributed by atoms with E-state index in [0.717, 1.165) is 31.1 Å². The van der Waals surface area contributed by atoms with Crippen LogP contribution in [0, 0.1) is 29.1 Å². The molecule has 3 aliphatic rings. The fraction of sp³-hybridized carbons (Fsp3) is 0.569. The molecule has 0 nitrogen and oxygen atoms in total. The average molecular weight is 689 g/mol. The van der Waals surface area contributed by atoms with Crippen molar-refractivity contribution in [2.45, 2.75) is 159 Å². The highest BCUT2D eigenvalue weighted by atomic mass is 14.3. The molecule has 2 saturated carbocycles. The lowest BCUT2D eigenvalue weighted by Gasteiger charge is -2.36. The summed E-state index contributed by atoms with van der Waals surface area (Å²) in [6, 6.07) is 9.33. The van der Waals surface area contributed by atoms with Crippen molar-refractivity contribution in [3.8, 4) is 0 Å². The van der Waals surface area contributed by atoms with Crippen LogP contribution in [0.4, 0.5) is 0 Å². The summed E-state index contributed by atoms with van der Waals surface area (Å²) in [5, 5.41) is 0. The van der Waals surface area contributed by atoms with Crippen LogP contribution < -0.4 is 0 Å². The Morgan fingerprint density at radius 1 is 0.941 bits per heavy atom. The van der Waals surface area contributed by atoms with E-state index >= 15 is 0 Å². The van der Waals surface area contributed by atoms with Crippen molar-refractivity contribution >= 4 is 5.57 Å². The van der Waals surface area contributed by atoms with Crippen LogP contribution in [-0.2, 0) is 0 Å². The Hall–Kier alpha value is -2.86. The molecular weight excluding hydrogens is 613 g/mol. The largest absolute Gasteiger partial charge is 0.0956 e. The van der Waals surface area contributed by atoms with Crippen molar-refractivity contribution in [1.82, 2.24) is 0 Å². The van der Waals surface area contributed by atoms with Crippen LogP contribution >= 0.6 is 0 Å². The number of rotatable bonds is 11. The van der Waals surface area contributed by atoms with Gasteiger partial charge in [0.15, 0.2) is 0 Å². The van der Waals surface area contributed by atoms with Crippen molar-refractivity contribution in [3.63, 3.8) is 0 Å². The van der Waals surface area contributed by atoms with Crippen LogP contribution in [0.15, 0.2) is 113 Å². The molecule has 0 aromatic heterocycles. The van der Waals surface area contributed by atoms with Gasteiger partial charge in [0.1, 0.15) is 0 Å². The van der Waals surface area contributed by atoms with Gasteiger partial charge in [-0.15, -0.1) is 0 Å². The van der Waals surface area contributed by atoms with Gasteiger partial charge in [-0.2, -0.15) is 0 Å². The molecule has 0 heteroatoms. The van der Waals surface area contributed by atoms with Crippen LogP contribution in [0.1, 0.15) is 170 Å². The van der Waals surface area contributed by atoms with Gasteiger partial charge in [0.25, 0.3) is 0 Å². The second-order valence-corrected chi connectivity index (χ2v) is 17.7. The molecule has 0 saturated heterocycles. The van der Waals surface area contributed by atoms with E-state index in [4.69, 9.17) is 0 Å². The summed E-state index contributed by atoms with van der Waals surface area (Å²) in [4.78, 5) is 0. The zero-order valence-corrected chi connectivity index (χ0v) is 35.1. The Kier molecular flexibility index (Phi) is 17.0. The smallest absolute Gasteiger partial charge is 0.000709 e. The normalized spacial score (nSPS) is 24.5. The van der Waals surface area contributed by atoms with E-state index in [1.165, 1.54) is 113 Å². The van der Waals surface area contributed by atoms with E-state index in [9.17, 15) is 0 Å². The molecule has 1 aromatic rings. The van der Waals surface area contributed by atoms with Crippen molar-refractivity contribution in [3.05, 3.63) is 124 Å². The Morgan fingerprint density at radius 2 is 1.65 bits per heavy atom. The van der Waals surface area contributed by atoms with Gasteiger partial charge in [-0.1, -0.05) is 172 Å². The summed E-state index contributed by atoms with van der Waals surface area (Å²) >= 11 is 0. The van der Waals surface area contributed by atoms with E-state index in [0.29, 0.717) is 23.2 Å². The van der Waals surface area contributed by atoms with E-state index in [1.54, 1.807) is 0 Å². The van der Waals surface area contributed by atoms with Gasteiger partial charge in [0.05, 0.1) is 0 Å². The Morgan fingerprint density at radius 3 is 2.22 bits per heavy atom. The molecule has 5 atom stereocenters. The minimum atomic E-state index is 0.332. The van der Waals surface area contributed by atoms with Crippen molar-refractivity contribution in [2.75, 3.05) is 0 Å². The summed E-state index contributed by atoms with van der Waals surface area (Å²) < 4.78 is 0. The van der Waals surface area contributed by atoms with Crippen molar-refractivity contribution < 1.29 is 0 Å². The van der Waals surface area contributed by atoms with Gasteiger partial charge in [0, 0.05) is 0 Å². The number of benzene rings is 1. The third-order valence-electron chi connectivity index (χ3n) is 12.1. The summed E-state index contributed by atoms with van der Waals surface area (Å²) in [5.74, 6) is 3.71. The molecule has 2 fully saturated rings. The van der Waals surface area contributed by atoms with Gasteiger partial charge < -0.3 is 0 Å². The van der Waals surface area contributed by atoms with Gasteiger partial charge in [-0.05, 0) is 146 Å². The highest BCUT2D eigenvalue weighted by Gasteiger charge is 2.29. The maximum absolute atomic E-state index is 4.46. The van der Waals surface area contributed by atoms with Gasteiger partial charge in [0.2, 0.25) is 0 Å². The maximum Gasteiger partial charge on any atom is -0.000709 e. The fourth-order valence-corrected chi connectivity index (χ4v) is 8.42. The van der Waals surface area contributed by atoms with Crippen LogP contribution in [0.25, 0.3) is 5.57 Å². The third-order valence-corrected chi connectivity index (χ3v) is 12.1. The quantitative estimate of drug-likeness (QED) is 0.203. The summed E-state index contributed by atoms with van der Waals surface area (Å²) in [5.41, 5.74) is 13.9. The van der Waals surface area contributed by atoms with Crippen LogP contribution in [0.5, 0.6) is 0 Å². The molecule has 0 radical (unpaired) electrons. The third kappa shape index (κ3) is 13.3. The van der Waals surface area contributed by atoms with Crippen molar-refractivity contribution in [2.24, 2.45) is 29.1 Å². The lowest BCUT2D eigenvalue weighted by molar-refractivity contribution is 0.215. The van der Waals surface area contributed by atoms with E-state index < -0.39 is 0 Å². The predicted molar refractivity (Wildman–Crippen MR) is 230 cm³/mol. The van der Waals surface area contributed by atoms with E-state index in [-0.39, 0.29) is 0 Å². The first-order valence-electron chi connectivity index (χ1n) is 20.8. The molecule has 0 N–H and O–H groups in total. The summed E-state index contributed by atoms with van der Waals surface area (Å²) in [6.45, 7) is 34.0. The summed E-state index contributed by atoms with van der Waals surface area (Å²) in [7, 11) is 0. The Bertz CT molecular complexity index is 1480. The molecule has 0 aliphatic heterocycles. The Balaban J connectivity index is 0.000000602. The first-order valence-corrected chi connectivity index (χ1v) is 20.8. The van der Waals surface area contributed by atoms with Gasteiger partial charge in [-0.25, -0.2) is 0 Å². The minimum Gasteiger partial charge on any atom is -0.0956 e. The highest BCUT2D eigenvalue weighted by molar-refractivity contribution is 5.76. The predicted octanol–water partition coefficient (Wildman–Crippen LogP) is 16.3. The first kappa shape index (κ1) is 42.6. The van der Waals surface area contributed by atoms with E-state index in [2.05, 4.69) is 150 Å². The molecule has 51 heavy (non-hydrogen) atoms. The SMILES string of the molecule is C=C1CCC(C(C)(C)C)C/C1=C/C(/C=C(C)/C(=C\C)C[C@H](CCC)c1ccc(C2=CC(C)C(=C)C=C2)cc1)=C(C)C.CCCC1CCCC(C)C1. The zero-order valence-electron chi connectivity index (χ0n) is 35.1.